The molecule has 2 heterocycles. The fourth-order valence-electron chi connectivity index (χ4n) is 2.55. The number of aromatic carboxylic acids is 1. The lowest BCUT2D eigenvalue weighted by molar-refractivity contribution is -0.137. The second-order valence-corrected chi connectivity index (χ2v) is 5.36. The Morgan fingerprint density at radius 1 is 1.17 bits per heavy atom. The van der Waals surface area contributed by atoms with E-state index in [-0.39, 0.29) is 5.56 Å². The topological polar surface area (TPSA) is 68.0 Å². The zero-order chi connectivity index (χ0) is 17.6. The summed E-state index contributed by atoms with van der Waals surface area (Å²) in [6, 6.07) is 5.90. The summed E-state index contributed by atoms with van der Waals surface area (Å²) in [4.78, 5) is 15.7. The first-order chi connectivity index (χ1) is 11.2. The molecule has 0 saturated heterocycles. The maximum atomic E-state index is 12.7. The maximum Gasteiger partial charge on any atom is 0.416 e. The fraction of sp³-hybridized carbons (Fsp3) is 0.188. The molecule has 3 rings (SSSR count). The van der Waals surface area contributed by atoms with E-state index in [1.165, 1.54) is 22.9 Å². The molecule has 5 nitrogen and oxygen atoms in total. The maximum absolute atomic E-state index is 12.7. The molecule has 0 aliphatic rings. The van der Waals surface area contributed by atoms with Gasteiger partial charge in [0, 0.05) is 5.69 Å². The number of aryl methyl sites for hydroxylation is 2. The van der Waals surface area contributed by atoms with Gasteiger partial charge >= 0.3 is 12.1 Å². The Hall–Kier alpha value is -2.90. The number of carboxylic acids is 1. The van der Waals surface area contributed by atoms with E-state index in [1.54, 1.807) is 13.8 Å². The Morgan fingerprint density at radius 2 is 1.79 bits per heavy atom. The Morgan fingerprint density at radius 3 is 2.33 bits per heavy atom. The quantitative estimate of drug-likeness (QED) is 0.774. The molecule has 0 aliphatic carbocycles. The first kappa shape index (κ1) is 16.0. The zero-order valence-corrected chi connectivity index (χ0v) is 12.7. The average Bonchev–Trinajstić information content (AvgIpc) is 2.82. The molecule has 1 N–H and O–H groups in total. The van der Waals surface area contributed by atoms with Crippen LogP contribution in [0.3, 0.4) is 0 Å². The monoisotopic (exact) mass is 335 g/mol. The van der Waals surface area contributed by atoms with Crippen molar-refractivity contribution < 1.29 is 23.1 Å². The smallest absolute Gasteiger partial charge is 0.416 e. The van der Waals surface area contributed by atoms with Gasteiger partial charge in [-0.1, -0.05) is 0 Å². The summed E-state index contributed by atoms with van der Waals surface area (Å²) >= 11 is 0. The van der Waals surface area contributed by atoms with Crippen LogP contribution in [0.5, 0.6) is 0 Å². The van der Waals surface area contributed by atoms with Gasteiger partial charge in [0.25, 0.3) is 0 Å². The predicted molar refractivity (Wildman–Crippen MR) is 80.3 cm³/mol. The standard InChI is InChI=1S/C16H12F3N3O2/c1-8-7-12(15(23)24)13-9(2)21-22(14(13)20-8)11-5-3-10(4-6-11)16(17,18)19/h3-7H,1-2H3,(H,23,24). The summed E-state index contributed by atoms with van der Waals surface area (Å²) in [5.41, 5.74) is 0.880. The number of aromatic nitrogens is 3. The minimum Gasteiger partial charge on any atom is -0.478 e. The summed E-state index contributed by atoms with van der Waals surface area (Å²) in [7, 11) is 0. The molecule has 0 aliphatic heterocycles. The highest BCUT2D eigenvalue weighted by atomic mass is 19.4. The van der Waals surface area contributed by atoms with Gasteiger partial charge in [-0.25, -0.2) is 14.5 Å². The van der Waals surface area contributed by atoms with Crippen molar-refractivity contribution in [3.05, 3.63) is 52.8 Å². The number of carbonyl (C=O) groups is 1. The molecule has 3 aromatic rings. The number of hydrogen-bond acceptors (Lipinski definition) is 3. The van der Waals surface area contributed by atoms with Gasteiger partial charge in [0.2, 0.25) is 0 Å². The van der Waals surface area contributed by atoms with E-state index in [2.05, 4.69) is 10.1 Å². The van der Waals surface area contributed by atoms with Crippen molar-refractivity contribution in [2.45, 2.75) is 20.0 Å². The lowest BCUT2D eigenvalue weighted by atomic mass is 10.1. The van der Waals surface area contributed by atoms with Gasteiger partial charge in [0.15, 0.2) is 5.65 Å². The molecule has 0 saturated carbocycles. The number of carboxylic acid groups (broad SMARTS) is 1. The summed E-state index contributed by atoms with van der Waals surface area (Å²) in [5, 5.41) is 14.0. The minimum atomic E-state index is -4.42. The molecule has 0 fully saturated rings. The summed E-state index contributed by atoms with van der Waals surface area (Å²) in [6.45, 7) is 3.28. The van der Waals surface area contributed by atoms with Crippen LogP contribution in [0.4, 0.5) is 13.2 Å². The van der Waals surface area contributed by atoms with Crippen LogP contribution < -0.4 is 0 Å². The molecule has 0 spiro atoms. The SMILES string of the molecule is Cc1cc(C(=O)O)c2c(C)nn(-c3ccc(C(F)(F)F)cc3)c2n1. The summed E-state index contributed by atoms with van der Waals surface area (Å²) in [6.07, 6.45) is -4.42. The van der Waals surface area contributed by atoms with E-state index in [1.807, 2.05) is 0 Å². The van der Waals surface area contributed by atoms with Crippen LogP contribution >= 0.6 is 0 Å². The third kappa shape index (κ3) is 2.60. The molecule has 0 unspecified atom stereocenters. The van der Waals surface area contributed by atoms with E-state index in [0.717, 1.165) is 12.1 Å². The van der Waals surface area contributed by atoms with Crippen molar-refractivity contribution in [2.24, 2.45) is 0 Å². The highest BCUT2D eigenvalue weighted by Crippen LogP contribution is 2.30. The van der Waals surface area contributed by atoms with E-state index >= 15 is 0 Å². The number of fused-ring (bicyclic) bond motifs is 1. The number of rotatable bonds is 2. The molecule has 1 aromatic carbocycles. The number of nitrogens with zero attached hydrogens (tertiary/aromatic N) is 3. The number of halogens is 3. The van der Waals surface area contributed by atoms with Gasteiger partial charge in [-0.05, 0) is 44.2 Å². The van der Waals surface area contributed by atoms with Crippen LogP contribution in [0.25, 0.3) is 16.7 Å². The first-order valence-electron chi connectivity index (χ1n) is 6.96. The summed E-state index contributed by atoms with van der Waals surface area (Å²) in [5.74, 6) is -1.11. The van der Waals surface area contributed by atoms with Crippen molar-refractivity contribution in [3.63, 3.8) is 0 Å². The third-order valence-electron chi connectivity index (χ3n) is 3.61. The number of alkyl halides is 3. The van der Waals surface area contributed by atoms with Gasteiger partial charge in [0.1, 0.15) is 0 Å². The zero-order valence-electron chi connectivity index (χ0n) is 12.7. The van der Waals surface area contributed by atoms with Crippen molar-refractivity contribution in [2.75, 3.05) is 0 Å². The van der Waals surface area contributed by atoms with E-state index in [0.29, 0.717) is 28.1 Å². The molecule has 0 bridgehead atoms. The molecule has 2 aromatic heterocycles. The molecule has 24 heavy (non-hydrogen) atoms. The Bertz CT molecular complexity index is 944. The highest BCUT2D eigenvalue weighted by molar-refractivity contribution is 6.03. The summed E-state index contributed by atoms with van der Waals surface area (Å²) < 4.78 is 39.4. The largest absolute Gasteiger partial charge is 0.478 e. The number of pyridine rings is 1. The Labute approximate surface area is 134 Å². The Balaban J connectivity index is 2.22. The fourth-order valence-corrected chi connectivity index (χ4v) is 2.55. The van der Waals surface area contributed by atoms with Gasteiger partial charge < -0.3 is 5.11 Å². The molecular formula is C16H12F3N3O2. The van der Waals surface area contributed by atoms with E-state index < -0.39 is 17.7 Å². The van der Waals surface area contributed by atoms with Crippen LogP contribution in [0, 0.1) is 13.8 Å². The van der Waals surface area contributed by atoms with Gasteiger partial charge in [-0.3, -0.25) is 0 Å². The van der Waals surface area contributed by atoms with Crippen molar-refractivity contribution in [1.29, 1.82) is 0 Å². The van der Waals surface area contributed by atoms with Crippen molar-refractivity contribution in [3.8, 4) is 5.69 Å². The van der Waals surface area contributed by atoms with Crippen LogP contribution in [0.2, 0.25) is 0 Å². The lowest BCUT2D eigenvalue weighted by Gasteiger charge is -2.08. The molecule has 0 amide bonds. The van der Waals surface area contributed by atoms with E-state index in [4.69, 9.17) is 0 Å². The van der Waals surface area contributed by atoms with Crippen molar-refractivity contribution >= 4 is 17.0 Å². The Kier molecular flexibility index (Phi) is 3.55. The second-order valence-electron chi connectivity index (χ2n) is 5.36. The molecular weight excluding hydrogens is 323 g/mol. The average molecular weight is 335 g/mol. The van der Waals surface area contributed by atoms with Gasteiger partial charge in [0.05, 0.1) is 27.9 Å². The van der Waals surface area contributed by atoms with E-state index in [9.17, 15) is 23.1 Å². The molecule has 124 valence electrons. The first-order valence-corrected chi connectivity index (χ1v) is 6.96. The second kappa shape index (κ2) is 5.33. The highest BCUT2D eigenvalue weighted by Gasteiger charge is 2.30. The lowest BCUT2D eigenvalue weighted by Crippen LogP contribution is -2.06. The molecule has 0 atom stereocenters. The molecule has 0 radical (unpaired) electrons. The van der Waals surface area contributed by atoms with Gasteiger partial charge in [-0.15, -0.1) is 0 Å². The molecule has 8 heteroatoms. The van der Waals surface area contributed by atoms with Crippen LogP contribution in [-0.4, -0.2) is 25.8 Å². The predicted octanol–water partition coefficient (Wildman–Crippen LogP) is 3.75. The third-order valence-corrected chi connectivity index (χ3v) is 3.61. The van der Waals surface area contributed by atoms with Crippen LogP contribution in [0.1, 0.15) is 27.3 Å². The number of hydrogen-bond donors (Lipinski definition) is 1. The van der Waals surface area contributed by atoms with Crippen LogP contribution in [-0.2, 0) is 6.18 Å². The van der Waals surface area contributed by atoms with Crippen LogP contribution in [0.15, 0.2) is 30.3 Å². The van der Waals surface area contributed by atoms with Crippen molar-refractivity contribution in [1.82, 2.24) is 14.8 Å². The normalized spacial score (nSPS) is 11.9. The number of benzene rings is 1. The van der Waals surface area contributed by atoms with Gasteiger partial charge in [-0.2, -0.15) is 18.3 Å². The minimum absolute atomic E-state index is 0.0631.